The highest BCUT2D eigenvalue weighted by Crippen LogP contribution is 2.25. The smallest absolute Gasteiger partial charge is 0.246 e. The van der Waals surface area contributed by atoms with Gasteiger partial charge in [0.25, 0.3) is 0 Å². The molecule has 0 unspecified atom stereocenters. The number of benzene rings is 2. The molecule has 3 heterocycles. The number of para-hydroxylation sites is 1. The first-order valence-electron chi connectivity index (χ1n) is 10.4. The number of aromatic nitrogens is 4. The van der Waals surface area contributed by atoms with Crippen LogP contribution in [0.3, 0.4) is 0 Å². The SMILES string of the molecule is O=C(Cn1ncc2c(N3CCN(c4ccccc4)CC3)ncnc21)Nc1ccc(F)cc1. The van der Waals surface area contributed by atoms with E-state index >= 15 is 0 Å². The fraction of sp³-hybridized carbons (Fsp3) is 0.217. The fourth-order valence-electron chi connectivity index (χ4n) is 3.93. The summed E-state index contributed by atoms with van der Waals surface area (Å²) in [4.78, 5) is 25.9. The van der Waals surface area contributed by atoms with Crippen molar-refractivity contribution in [1.82, 2.24) is 19.7 Å². The van der Waals surface area contributed by atoms with Crippen molar-refractivity contribution in [2.75, 3.05) is 41.3 Å². The number of hydrogen-bond donors (Lipinski definition) is 1. The second-order valence-corrected chi connectivity index (χ2v) is 7.60. The van der Waals surface area contributed by atoms with Crippen LogP contribution in [0.1, 0.15) is 0 Å². The van der Waals surface area contributed by atoms with E-state index in [1.165, 1.54) is 36.3 Å². The Kier molecular flexibility index (Phi) is 5.37. The quantitative estimate of drug-likeness (QED) is 0.524. The minimum absolute atomic E-state index is 0.000878. The van der Waals surface area contributed by atoms with Crippen LogP contribution in [0.15, 0.2) is 67.1 Å². The second kappa shape index (κ2) is 8.62. The van der Waals surface area contributed by atoms with Crippen LogP contribution in [-0.4, -0.2) is 51.8 Å². The lowest BCUT2D eigenvalue weighted by molar-refractivity contribution is -0.116. The third-order valence-corrected chi connectivity index (χ3v) is 5.53. The van der Waals surface area contributed by atoms with Gasteiger partial charge in [-0.2, -0.15) is 5.10 Å². The molecule has 2 aromatic carbocycles. The summed E-state index contributed by atoms with van der Waals surface area (Å²) in [5, 5.41) is 7.93. The maximum Gasteiger partial charge on any atom is 0.246 e. The first kappa shape index (κ1) is 19.9. The molecule has 0 atom stereocenters. The molecule has 0 radical (unpaired) electrons. The van der Waals surface area contributed by atoms with Gasteiger partial charge in [0.1, 0.15) is 24.5 Å². The number of hydrogen-bond acceptors (Lipinski definition) is 6. The summed E-state index contributed by atoms with van der Waals surface area (Å²) >= 11 is 0. The van der Waals surface area contributed by atoms with Crippen LogP contribution in [0, 0.1) is 5.82 Å². The second-order valence-electron chi connectivity index (χ2n) is 7.60. The number of fused-ring (bicyclic) bond motifs is 1. The number of piperazine rings is 1. The molecule has 0 bridgehead atoms. The van der Waals surface area contributed by atoms with Gasteiger partial charge in [-0.15, -0.1) is 0 Å². The van der Waals surface area contributed by atoms with Gasteiger partial charge >= 0.3 is 0 Å². The molecule has 162 valence electrons. The predicted octanol–water partition coefficient (Wildman–Crippen LogP) is 2.93. The van der Waals surface area contributed by atoms with Crippen molar-refractivity contribution in [1.29, 1.82) is 0 Å². The highest BCUT2D eigenvalue weighted by molar-refractivity contribution is 5.92. The fourth-order valence-corrected chi connectivity index (χ4v) is 3.93. The monoisotopic (exact) mass is 431 g/mol. The van der Waals surface area contributed by atoms with Crippen molar-refractivity contribution >= 4 is 34.1 Å². The summed E-state index contributed by atoms with van der Waals surface area (Å²) < 4.78 is 14.6. The summed E-state index contributed by atoms with van der Waals surface area (Å²) in [6.07, 6.45) is 3.22. The largest absolute Gasteiger partial charge is 0.368 e. The van der Waals surface area contributed by atoms with E-state index in [2.05, 4.69) is 54.4 Å². The molecule has 32 heavy (non-hydrogen) atoms. The first-order chi connectivity index (χ1) is 15.7. The lowest BCUT2D eigenvalue weighted by Gasteiger charge is -2.36. The molecule has 1 aliphatic rings. The number of nitrogens with zero attached hydrogens (tertiary/aromatic N) is 6. The Labute approximate surface area is 184 Å². The molecule has 4 aromatic rings. The standard InChI is InChI=1S/C23H22FN7O/c24-17-6-8-18(9-7-17)28-21(32)15-31-23-20(14-27-31)22(25-16-26-23)30-12-10-29(11-13-30)19-4-2-1-3-5-19/h1-9,14,16H,10-13,15H2,(H,28,32). The van der Waals surface area contributed by atoms with E-state index in [4.69, 9.17) is 0 Å². The molecular weight excluding hydrogens is 409 g/mol. The highest BCUT2D eigenvalue weighted by Gasteiger charge is 2.22. The Hall–Kier alpha value is -4.01. The zero-order valence-corrected chi connectivity index (χ0v) is 17.4. The van der Waals surface area contributed by atoms with Crippen molar-refractivity contribution in [2.24, 2.45) is 0 Å². The Morgan fingerprint density at radius 2 is 1.66 bits per heavy atom. The van der Waals surface area contributed by atoms with Gasteiger partial charge < -0.3 is 15.1 Å². The molecular formula is C23H22FN7O. The molecule has 0 saturated carbocycles. The third kappa shape index (κ3) is 4.09. The molecule has 1 amide bonds. The topological polar surface area (TPSA) is 79.2 Å². The minimum Gasteiger partial charge on any atom is -0.368 e. The summed E-state index contributed by atoms with van der Waals surface area (Å²) in [5.74, 6) is 0.209. The van der Waals surface area contributed by atoms with Gasteiger partial charge in [-0.3, -0.25) is 4.79 Å². The zero-order valence-electron chi connectivity index (χ0n) is 17.4. The van der Waals surface area contributed by atoms with Crippen molar-refractivity contribution in [2.45, 2.75) is 6.54 Å². The van der Waals surface area contributed by atoms with Gasteiger partial charge in [0.2, 0.25) is 5.91 Å². The Bertz CT molecular complexity index is 1220. The third-order valence-electron chi connectivity index (χ3n) is 5.53. The van der Waals surface area contributed by atoms with Gasteiger partial charge in [0.15, 0.2) is 5.65 Å². The molecule has 1 saturated heterocycles. The van der Waals surface area contributed by atoms with Crippen LogP contribution >= 0.6 is 0 Å². The molecule has 9 heteroatoms. The normalized spacial score (nSPS) is 14.0. The molecule has 0 spiro atoms. The number of amides is 1. The molecule has 1 fully saturated rings. The van der Waals surface area contributed by atoms with Gasteiger partial charge in [0, 0.05) is 37.6 Å². The lowest BCUT2D eigenvalue weighted by atomic mass is 10.2. The van der Waals surface area contributed by atoms with Crippen LogP contribution in [0.5, 0.6) is 0 Å². The van der Waals surface area contributed by atoms with E-state index in [1.54, 1.807) is 10.9 Å². The first-order valence-corrected chi connectivity index (χ1v) is 10.4. The average Bonchev–Trinajstić information content (AvgIpc) is 3.24. The van der Waals surface area contributed by atoms with Crippen molar-refractivity contribution in [3.05, 3.63) is 72.9 Å². The van der Waals surface area contributed by atoms with E-state index in [0.717, 1.165) is 37.4 Å². The van der Waals surface area contributed by atoms with E-state index in [1.807, 2.05) is 6.07 Å². The van der Waals surface area contributed by atoms with Gasteiger partial charge in [-0.05, 0) is 36.4 Å². The van der Waals surface area contributed by atoms with Crippen LogP contribution in [-0.2, 0) is 11.3 Å². The maximum atomic E-state index is 13.1. The van der Waals surface area contributed by atoms with Gasteiger partial charge in [-0.1, -0.05) is 18.2 Å². The van der Waals surface area contributed by atoms with E-state index in [0.29, 0.717) is 11.3 Å². The van der Waals surface area contributed by atoms with E-state index in [-0.39, 0.29) is 18.3 Å². The summed E-state index contributed by atoms with van der Waals surface area (Å²) in [7, 11) is 0. The lowest BCUT2D eigenvalue weighted by Crippen LogP contribution is -2.46. The molecule has 1 aliphatic heterocycles. The average molecular weight is 431 g/mol. The molecule has 1 N–H and O–H groups in total. The summed E-state index contributed by atoms with van der Waals surface area (Å²) in [5.41, 5.74) is 2.36. The number of carbonyl (C=O) groups is 1. The Balaban J connectivity index is 1.29. The van der Waals surface area contributed by atoms with Crippen molar-refractivity contribution in [3.8, 4) is 0 Å². The summed E-state index contributed by atoms with van der Waals surface area (Å²) in [6.45, 7) is 3.45. The van der Waals surface area contributed by atoms with E-state index in [9.17, 15) is 9.18 Å². The number of nitrogens with one attached hydrogen (secondary N) is 1. The maximum absolute atomic E-state index is 13.1. The molecule has 2 aromatic heterocycles. The number of anilines is 3. The van der Waals surface area contributed by atoms with E-state index < -0.39 is 0 Å². The molecule has 8 nitrogen and oxygen atoms in total. The number of halogens is 1. The predicted molar refractivity (Wildman–Crippen MR) is 121 cm³/mol. The Morgan fingerprint density at radius 3 is 2.41 bits per heavy atom. The van der Waals surface area contributed by atoms with Crippen LogP contribution in [0.2, 0.25) is 0 Å². The van der Waals surface area contributed by atoms with Gasteiger partial charge in [0.05, 0.1) is 11.6 Å². The number of rotatable bonds is 5. The van der Waals surface area contributed by atoms with Gasteiger partial charge in [-0.25, -0.2) is 19.0 Å². The highest BCUT2D eigenvalue weighted by atomic mass is 19.1. The van der Waals surface area contributed by atoms with Crippen LogP contribution < -0.4 is 15.1 Å². The van der Waals surface area contributed by atoms with Crippen molar-refractivity contribution < 1.29 is 9.18 Å². The van der Waals surface area contributed by atoms with Crippen LogP contribution in [0.4, 0.5) is 21.6 Å². The minimum atomic E-state index is -0.352. The van der Waals surface area contributed by atoms with Crippen LogP contribution in [0.25, 0.3) is 11.0 Å². The zero-order chi connectivity index (χ0) is 21.9. The molecule has 5 rings (SSSR count). The number of carbonyl (C=O) groups excluding carboxylic acids is 1. The summed E-state index contributed by atoms with van der Waals surface area (Å²) in [6, 6.07) is 16.0. The Morgan fingerprint density at radius 1 is 0.938 bits per heavy atom. The van der Waals surface area contributed by atoms with Crippen molar-refractivity contribution in [3.63, 3.8) is 0 Å². The molecule has 0 aliphatic carbocycles.